The number of amidine groups is 1. The summed E-state index contributed by atoms with van der Waals surface area (Å²) in [5, 5.41) is 24.4. The Morgan fingerprint density at radius 1 is 1.45 bits per heavy atom. The molecule has 0 spiro atoms. The SMILES string of the molecule is CC(C)(CCO)CNCc1ccc(/C(N)=N/O)cc1Cl. The Bertz CT molecular complexity index is 475. The lowest BCUT2D eigenvalue weighted by Crippen LogP contribution is -2.30. The molecule has 1 aromatic carbocycles. The zero-order valence-corrected chi connectivity index (χ0v) is 12.6. The second kappa shape index (κ2) is 7.47. The fourth-order valence-electron chi connectivity index (χ4n) is 1.83. The van der Waals surface area contributed by atoms with Gasteiger partial charge < -0.3 is 21.4 Å². The van der Waals surface area contributed by atoms with Crippen LogP contribution in [-0.4, -0.2) is 29.3 Å². The maximum atomic E-state index is 8.98. The number of halogens is 1. The third-order valence-electron chi connectivity index (χ3n) is 3.16. The monoisotopic (exact) mass is 299 g/mol. The number of oxime groups is 1. The number of aliphatic hydroxyl groups is 1. The highest BCUT2D eigenvalue weighted by atomic mass is 35.5. The number of hydrogen-bond donors (Lipinski definition) is 4. The highest BCUT2D eigenvalue weighted by molar-refractivity contribution is 6.31. The Labute approximate surface area is 124 Å². The minimum Gasteiger partial charge on any atom is -0.409 e. The van der Waals surface area contributed by atoms with Gasteiger partial charge in [-0.2, -0.15) is 0 Å². The molecule has 0 saturated heterocycles. The highest BCUT2D eigenvalue weighted by Crippen LogP contribution is 2.20. The third kappa shape index (κ3) is 5.00. The number of benzene rings is 1. The van der Waals surface area contributed by atoms with Crippen molar-refractivity contribution in [3.8, 4) is 0 Å². The summed E-state index contributed by atoms with van der Waals surface area (Å²) in [6, 6.07) is 5.28. The lowest BCUT2D eigenvalue weighted by atomic mass is 9.90. The molecule has 0 bridgehead atoms. The van der Waals surface area contributed by atoms with Gasteiger partial charge in [0.2, 0.25) is 0 Å². The van der Waals surface area contributed by atoms with E-state index < -0.39 is 0 Å². The summed E-state index contributed by atoms with van der Waals surface area (Å²) in [5.74, 6) is 0.0375. The molecule has 1 aromatic rings. The topological polar surface area (TPSA) is 90.9 Å². The van der Waals surface area contributed by atoms with E-state index in [4.69, 9.17) is 27.6 Å². The van der Waals surface area contributed by atoms with Crippen molar-refractivity contribution in [1.82, 2.24) is 5.32 Å². The van der Waals surface area contributed by atoms with Crippen LogP contribution in [0.1, 0.15) is 31.4 Å². The van der Waals surface area contributed by atoms with Crippen LogP contribution >= 0.6 is 11.6 Å². The molecular formula is C14H22ClN3O2. The van der Waals surface area contributed by atoms with Crippen LogP contribution in [0.15, 0.2) is 23.4 Å². The molecule has 0 heterocycles. The van der Waals surface area contributed by atoms with Crippen LogP contribution in [0.5, 0.6) is 0 Å². The van der Waals surface area contributed by atoms with E-state index in [0.29, 0.717) is 17.1 Å². The quantitative estimate of drug-likeness (QED) is 0.268. The molecule has 0 amide bonds. The number of nitrogens with two attached hydrogens (primary N) is 1. The minimum absolute atomic E-state index is 0.0368. The molecule has 0 fully saturated rings. The predicted octanol–water partition coefficient (Wildman–Crippen LogP) is 1.93. The van der Waals surface area contributed by atoms with Crippen LogP contribution in [0.25, 0.3) is 0 Å². The van der Waals surface area contributed by atoms with E-state index >= 15 is 0 Å². The van der Waals surface area contributed by atoms with Gasteiger partial charge in [-0.1, -0.05) is 42.7 Å². The minimum atomic E-state index is 0.0368. The summed E-state index contributed by atoms with van der Waals surface area (Å²) >= 11 is 6.17. The van der Waals surface area contributed by atoms with Gasteiger partial charge in [0.15, 0.2) is 5.84 Å². The number of nitrogens with one attached hydrogen (secondary N) is 1. The summed E-state index contributed by atoms with van der Waals surface area (Å²) in [4.78, 5) is 0. The zero-order chi connectivity index (χ0) is 15.2. The number of rotatable bonds is 7. The van der Waals surface area contributed by atoms with Crippen molar-refractivity contribution in [3.05, 3.63) is 34.3 Å². The lowest BCUT2D eigenvalue weighted by Gasteiger charge is -2.24. The maximum Gasteiger partial charge on any atom is 0.170 e. The van der Waals surface area contributed by atoms with Crippen LogP contribution in [0.3, 0.4) is 0 Å². The molecule has 20 heavy (non-hydrogen) atoms. The summed E-state index contributed by atoms with van der Waals surface area (Å²) in [5.41, 5.74) is 7.07. The van der Waals surface area contributed by atoms with E-state index in [1.807, 2.05) is 6.07 Å². The highest BCUT2D eigenvalue weighted by Gasteiger charge is 2.16. The first kappa shape index (κ1) is 16.8. The van der Waals surface area contributed by atoms with Crippen LogP contribution in [0.4, 0.5) is 0 Å². The third-order valence-corrected chi connectivity index (χ3v) is 3.52. The second-order valence-corrected chi connectivity index (χ2v) is 5.94. The van der Waals surface area contributed by atoms with Gasteiger partial charge >= 0.3 is 0 Å². The van der Waals surface area contributed by atoms with Crippen molar-refractivity contribution < 1.29 is 10.3 Å². The molecule has 112 valence electrons. The molecule has 5 N–H and O–H groups in total. The van der Waals surface area contributed by atoms with Gasteiger partial charge in [0, 0.05) is 30.3 Å². The molecule has 5 nitrogen and oxygen atoms in total. The van der Waals surface area contributed by atoms with Gasteiger partial charge in [-0.05, 0) is 23.5 Å². The fourth-order valence-corrected chi connectivity index (χ4v) is 2.08. The Balaban J connectivity index is 2.62. The molecule has 0 aromatic heterocycles. The fraction of sp³-hybridized carbons (Fsp3) is 0.500. The standard InChI is InChI=1S/C14H22ClN3O2/c1-14(2,5-6-19)9-17-8-11-4-3-10(7-12(11)15)13(16)18-20/h3-4,7,17,19-20H,5-6,8-9H2,1-2H3,(H2,16,18). The first-order valence-electron chi connectivity index (χ1n) is 6.47. The van der Waals surface area contributed by atoms with Crippen molar-refractivity contribution in [2.45, 2.75) is 26.8 Å². The predicted molar refractivity (Wildman–Crippen MR) is 81.2 cm³/mol. The molecule has 0 aliphatic heterocycles. The lowest BCUT2D eigenvalue weighted by molar-refractivity contribution is 0.207. The van der Waals surface area contributed by atoms with Gasteiger partial charge in [-0.3, -0.25) is 0 Å². The Morgan fingerprint density at radius 2 is 2.15 bits per heavy atom. The van der Waals surface area contributed by atoms with Gasteiger partial charge in [0.25, 0.3) is 0 Å². The molecule has 0 aliphatic rings. The van der Waals surface area contributed by atoms with Crippen molar-refractivity contribution in [3.63, 3.8) is 0 Å². The smallest absolute Gasteiger partial charge is 0.170 e. The summed E-state index contributed by atoms with van der Waals surface area (Å²) in [6.45, 7) is 5.79. The maximum absolute atomic E-state index is 8.98. The summed E-state index contributed by atoms with van der Waals surface area (Å²) in [7, 11) is 0. The molecule has 6 heteroatoms. The van der Waals surface area contributed by atoms with Crippen LogP contribution in [-0.2, 0) is 6.54 Å². The van der Waals surface area contributed by atoms with E-state index in [-0.39, 0.29) is 17.9 Å². The number of nitrogens with zero attached hydrogens (tertiary/aromatic N) is 1. The van der Waals surface area contributed by atoms with Crippen molar-refractivity contribution in [2.75, 3.05) is 13.2 Å². The van der Waals surface area contributed by atoms with Gasteiger partial charge in [-0.25, -0.2) is 0 Å². The molecule has 0 aliphatic carbocycles. The van der Waals surface area contributed by atoms with E-state index in [0.717, 1.165) is 18.5 Å². The Kier molecular flexibility index (Phi) is 6.26. The second-order valence-electron chi connectivity index (χ2n) is 5.53. The van der Waals surface area contributed by atoms with E-state index in [1.165, 1.54) is 0 Å². The number of hydrogen-bond acceptors (Lipinski definition) is 4. The Morgan fingerprint density at radius 3 is 2.70 bits per heavy atom. The van der Waals surface area contributed by atoms with E-state index in [9.17, 15) is 0 Å². The average Bonchev–Trinajstić information content (AvgIpc) is 2.39. The first-order chi connectivity index (χ1) is 9.39. The molecule has 0 atom stereocenters. The van der Waals surface area contributed by atoms with Gasteiger partial charge in [-0.15, -0.1) is 0 Å². The zero-order valence-electron chi connectivity index (χ0n) is 11.9. The Hall–Kier alpha value is -1.30. The van der Waals surface area contributed by atoms with E-state index in [2.05, 4.69) is 24.3 Å². The van der Waals surface area contributed by atoms with Crippen LogP contribution < -0.4 is 11.1 Å². The van der Waals surface area contributed by atoms with Gasteiger partial charge in [0.1, 0.15) is 0 Å². The first-order valence-corrected chi connectivity index (χ1v) is 6.85. The van der Waals surface area contributed by atoms with Crippen molar-refractivity contribution in [1.29, 1.82) is 0 Å². The molecule has 0 saturated carbocycles. The summed E-state index contributed by atoms with van der Waals surface area (Å²) in [6.07, 6.45) is 0.746. The van der Waals surface area contributed by atoms with E-state index in [1.54, 1.807) is 12.1 Å². The molecule has 0 radical (unpaired) electrons. The summed E-state index contributed by atoms with van der Waals surface area (Å²) < 4.78 is 0. The number of aliphatic hydroxyl groups excluding tert-OH is 1. The van der Waals surface area contributed by atoms with Crippen molar-refractivity contribution >= 4 is 17.4 Å². The molecule has 1 rings (SSSR count). The van der Waals surface area contributed by atoms with Gasteiger partial charge in [0.05, 0.1) is 0 Å². The largest absolute Gasteiger partial charge is 0.409 e. The van der Waals surface area contributed by atoms with Crippen LogP contribution in [0.2, 0.25) is 5.02 Å². The molecule has 0 unspecified atom stereocenters. The van der Waals surface area contributed by atoms with Crippen molar-refractivity contribution in [2.24, 2.45) is 16.3 Å². The molecular weight excluding hydrogens is 278 g/mol. The average molecular weight is 300 g/mol. The van der Waals surface area contributed by atoms with Crippen LogP contribution in [0, 0.1) is 5.41 Å². The normalized spacial score (nSPS) is 12.7.